The predicted molar refractivity (Wildman–Crippen MR) is 177 cm³/mol. The van der Waals surface area contributed by atoms with Crippen LogP contribution in [0.1, 0.15) is 66.4 Å². The summed E-state index contributed by atoms with van der Waals surface area (Å²) >= 11 is 0. The topological polar surface area (TPSA) is 175 Å². The van der Waals surface area contributed by atoms with Crippen LogP contribution in [-0.2, 0) is 9.59 Å². The normalized spacial score (nSPS) is 22.7. The summed E-state index contributed by atoms with van der Waals surface area (Å²) in [5.74, 6) is -1.36. The molecule has 2 aliphatic heterocycles. The van der Waals surface area contributed by atoms with E-state index in [0.29, 0.717) is 33.4 Å². The molecule has 2 aliphatic carbocycles. The average molecular weight is 641 g/mol. The van der Waals surface area contributed by atoms with Crippen molar-refractivity contribution in [3.63, 3.8) is 0 Å². The largest absolute Gasteiger partial charge is 0.356 e. The molecule has 238 valence electrons. The second-order valence-corrected chi connectivity index (χ2v) is 11.8. The summed E-state index contributed by atoms with van der Waals surface area (Å²) in [7, 11) is 0. The standard InChI is InChI=1S/C36H28N6O6/c1-17(43)37-25(35-39-27-28(40-35)32(46)22-8-4-3-7-21(22)31(27)45)15-19-11-13-20(14-12-19)16-26(38-18(2)44)36-41-29-30(42-36)34(48)24-10-6-5-9-23(24)33(29)47/h3-16,27-30H,1-2H3,(H,37,43)(H,38,44)(H,39,40)(H,41,42). The first-order valence-corrected chi connectivity index (χ1v) is 15.2. The molecule has 0 bridgehead atoms. The zero-order valence-corrected chi connectivity index (χ0v) is 25.7. The van der Waals surface area contributed by atoms with E-state index < -0.39 is 24.2 Å². The molecular formula is C36H28N6O6. The van der Waals surface area contributed by atoms with E-state index in [-0.39, 0.29) is 58.0 Å². The van der Waals surface area contributed by atoms with Gasteiger partial charge in [0.25, 0.3) is 0 Å². The van der Waals surface area contributed by atoms with Gasteiger partial charge < -0.3 is 21.3 Å². The van der Waals surface area contributed by atoms with Gasteiger partial charge in [0, 0.05) is 36.1 Å². The second-order valence-electron chi connectivity index (χ2n) is 11.8. The molecule has 2 amide bonds. The fourth-order valence-corrected chi connectivity index (χ4v) is 6.29. The van der Waals surface area contributed by atoms with Crippen LogP contribution >= 0.6 is 0 Å². The Kier molecular flexibility index (Phi) is 7.47. The predicted octanol–water partition coefficient (Wildman–Crippen LogP) is 2.28. The summed E-state index contributed by atoms with van der Waals surface area (Å²) in [6, 6.07) is 16.6. The SMILES string of the molecule is CC(=O)NC(=Cc1ccc(C=C(NC(C)=O)C2=NC3C(=O)c4ccccc4C(=O)C3N2)cc1)C1=NC2C(=O)c3ccccc3C(=O)C2N1. The molecule has 4 N–H and O–H groups in total. The molecule has 0 fully saturated rings. The number of Topliss-reactive ketones (excluding diaryl/α,β-unsaturated/α-hetero) is 4. The molecule has 0 spiro atoms. The third-order valence-corrected chi connectivity index (χ3v) is 8.46. The summed E-state index contributed by atoms with van der Waals surface area (Å²) in [4.78, 5) is 85.9. The molecule has 48 heavy (non-hydrogen) atoms. The highest BCUT2D eigenvalue weighted by atomic mass is 16.2. The van der Waals surface area contributed by atoms with E-state index in [2.05, 4.69) is 31.3 Å². The van der Waals surface area contributed by atoms with Gasteiger partial charge in [-0.3, -0.25) is 38.8 Å². The maximum atomic E-state index is 13.2. The Morgan fingerprint density at radius 3 is 1.23 bits per heavy atom. The van der Waals surface area contributed by atoms with Crippen LogP contribution in [0.3, 0.4) is 0 Å². The van der Waals surface area contributed by atoms with E-state index in [0.717, 1.165) is 0 Å². The fraction of sp³-hybridized carbons (Fsp3) is 0.167. The van der Waals surface area contributed by atoms with Crippen molar-refractivity contribution < 1.29 is 28.8 Å². The van der Waals surface area contributed by atoms with Crippen molar-refractivity contribution in [2.45, 2.75) is 38.0 Å². The molecule has 0 radical (unpaired) electrons. The van der Waals surface area contributed by atoms with Crippen molar-refractivity contribution in [3.05, 3.63) is 118 Å². The molecule has 0 saturated heterocycles. The van der Waals surface area contributed by atoms with Crippen LogP contribution in [0.5, 0.6) is 0 Å². The molecule has 12 nitrogen and oxygen atoms in total. The van der Waals surface area contributed by atoms with Gasteiger partial charge in [-0.05, 0) is 23.3 Å². The molecule has 2 heterocycles. The summed E-state index contributed by atoms with van der Waals surface area (Å²) in [5.41, 5.74) is 3.20. The zero-order chi connectivity index (χ0) is 33.7. The Labute approximate surface area is 274 Å². The van der Waals surface area contributed by atoms with E-state index in [1.54, 1.807) is 84.9 Å². The summed E-state index contributed by atoms with van der Waals surface area (Å²) in [6.07, 6.45) is 3.33. The van der Waals surface area contributed by atoms with Gasteiger partial charge in [0.2, 0.25) is 11.8 Å². The number of aliphatic imine (C=N–C) groups is 2. The number of carbonyl (C=O) groups is 6. The highest BCUT2D eigenvalue weighted by Crippen LogP contribution is 2.29. The minimum atomic E-state index is -0.949. The van der Waals surface area contributed by atoms with Gasteiger partial charge in [-0.2, -0.15) is 0 Å². The number of hydrogen-bond acceptors (Lipinski definition) is 10. The van der Waals surface area contributed by atoms with Crippen LogP contribution < -0.4 is 21.3 Å². The third-order valence-electron chi connectivity index (χ3n) is 8.46. The molecule has 4 aliphatic rings. The number of rotatable bonds is 6. The van der Waals surface area contributed by atoms with Gasteiger partial charge in [-0.15, -0.1) is 0 Å². The minimum absolute atomic E-state index is 0.213. The van der Waals surface area contributed by atoms with E-state index in [4.69, 9.17) is 0 Å². The first kappa shape index (κ1) is 30.4. The zero-order valence-electron chi connectivity index (χ0n) is 25.7. The number of nitrogens with one attached hydrogen (secondary N) is 4. The Morgan fingerprint density at radius 1 is 0.562 bits per heavy atom. The summed E-state index contributed by atoms with van der Waals surface area (Å²) in [6.45, 7) is 2.69. The van der Waals surface area contributed by atoms with Gasteiger partial charge in [-0.25, -0.2) is 0 Å². The van der Waals surface area contributed by atoms with Crippen molar-refractivity contribution in [2.24, 2.45) is 9.98 Å². The van der Waals surface area contributed by atoms with Crippen LogP contribution in [0.25, 0.3) is 12.2 Å². The third kappa shape index (κ3) is 5.32. The Bertz CT molecular complexity index is 1940. The van der Waals surface area contributed by atoms with E-state index in [1.807, 2.05) is 0 Å². The molecular weight excluding hydrogens is 612 g/mol. The number of hydrogen-bond donors (Lipinski definition) is 4. The van der Waals surface area contributed by atoms with Gasteiger partial charge in [-0.1, -0.05) is 72.8 Å². The van der Waals surface area contributed by atoms with E-state index in [9.17, 15) is 28.8 Å². The fourth-order valence-electron chi connectivity index (χ4n) is 6.29. The quantitative estimate of drug-likeness (QED) is 0.317. The Balaban J connectivity index is 1.15. The smallest absolute Gasteiger partial charge is 0.221 e. The second kappa shape index (κ2) is 11.8. The Hall–Kier alpha value is -6.30. The van der Waals surface area contributed by atoms with E-state index in [1.165, 1.54) is 13.8 Å². The van der Waals surface area contributed by atoms with Crippen molar-refractivity contribution in [1.29, 1.82) is 0 Å². The monoisotopic (exact) mass is 640 g/mol. The maximum absolute atomic E-state index is 13.2. The number of carbonyl (C=O) groups excluding carboxylic acids is 6. The van der Waals surface area contributed by atoms with Crippen LogP contribution in [0.4, 0.5) is 0 Å². The first-order valence-electron chi connectivity index (χ1n) is 15.2. The molecule has 3 aromatic carbocycles. The van der Waals surface area contributed by atoms with Crippen LogP contribution in [-0.4, -0.2) is 70.8 Å². The molecule has 7 rings (SSSR count). The highest BCUT2D eigenvalue weighted by Gasteiger charge is 2.47. The number of benzene rings is 3. The molecule has 12 heteroatoms. The molecule has 3 aromatic rings. The van der Waals surface area contributed by atoms with Gasteiger partial charge >= 0.3 is 0 Å². The number of ketones is 4. The van der Waals surface area contributed by atoms with Crippen LogP contribution in [0.15, 0.2) is 94.2 Å². The lowest BCUT2D eigenvalue weighted by Gasteiger charge is -2.23. The van der Waals surface area contributed by atoms with Crippen LogP contribution in [0, 0.1) is 0 Å². The van der Waals surface area contributed by atoms with Gasteiger partial charge in [0.15, 0.2) is 23.1 Å². The molecule has 4 unspecified atom stereocenters. The molecule has 0 aromatic heterocycles. The number of amides is 2. The van der Waals surface area contributed by atoms with Crippen molar-refractivity contribution >= 4 is 58.8 Å². The summed E-state index contributed by atoms with van der Waals surface area (Å²) in [5, 5.41) is 11.6. The van der Waals surface area contributed by atoms with Crippen molar-refractivity contribution in [3.8, 4) is 0 Å². The van der Waals surface area contributed by atoms with E-state index >= 15 is 0 Å². The van der Waals surface area contributed by atoms with Crippen molar-refractivity contribution in [1.82, 2.24) is 21.3 Å². The lowest BCUT2D eigenvalue weighted by Crippen LogP contribution is -2.49. The lowest BCUT2D eigenvalue weighted by molar-refractivity contribution is -0.119. The summed E-state index contributed by atoms with van der Waals surface area (Å²) < 4.78 is 0. The highest BCUT2D eigenvalue weighted by molar-refractivity contribution is 6.24. The van der Waals surface area contributed by atoms with Crippen LogP contribution in [0.2, 0.25) is 0 Å². The van der Waals surface area contributed by atoms with Gasteiger partial charge in [0.05, 0.1) is 11.4 Å². The number of amidine groups is 2. The minimum Gasteiger partial charge on any atom is -0.356 e. The average Bonchev–Trinajstić information content (AvgIpc) is 3.73. The Morgan fingerprint density at radius 2 is 0.896 bits per heavy atom. The first-order chi connectivity index (χ1) is 23.1. The lowest BCUT2D eigenvalue weighted by atomic mass is 9.83. The maximum Gasteiger partial charge on any atom is 0.221 e. The van der Waals surface area contributed by atoms with Gasteiger partial charge in [0.1, 0.15) is 35.8 Å². The molecule has 4 atom stereocenters. The number of nitrogens with zero attached hydrogens (tertiary/aromatic N) is 2. The molecule has 0 saturated carbocycles. The number of fused-ring (bicyclic) bond motifs is 4. The van der Waals surface area contributed by atoms with Crippen molar-refractivity contribution in [2.75, 3.05) is 0 Å².